The Hall–Kier alpha value is -0.530. The molecular formula is C5H7N2. The molecular weight excluding hydrogens is 88.1 g/mol. The summed E-state index contributed by atoms with van der Waals surface area (Å²) >= 11 is 0. The van der Waals surface area contributed by atoms with Gasteiger partial charge in [0.25, 0.3) is 0 Å². The average Bonchev–Trinajstić information content (AvgIpc) is 2.15. The first kappa shape index (κ1) is 3.47. The third-order valence-electron chi connectivity index (χ3n) is 1.50. The molecule has 2 rings (SSSR count). The number of aliphatic imine (C=N–C) groups is 1. The minimum atomic E-state index is 0.278. The smallest absolute Gasteiger partial charge is 0.0833 e. The average molecular weight is 95.1 g/mol. The van der Waals surface area contributed by atoms with E-state index in [0.29, 0.717) is 0 Å². The van der Waals surface area contributed by atoms with Crippen LogP contribution >= 0.6 is 0 Å². The second-order valence-electron chi connectivity index (χ2n) is 2.15. The standard InChI is InChI=1S/C5H7N2/c1-2-5(1)3-6-4-7-5/h1,4H,2-3H2,(H,6,7). The first-order chi connectivity index (χ1) is 3.41. The minimum absolute atomic E-state index is 0.278. The molecule has 1 fully saturated rings. The molecule has 0 bridgehead atoms. The Bertz CT molecular complexity index is 113. The lowest BCUT2D eigenvalue weighted by molar-refractivity contribution is 0.729. The van der Waals surface area contributed by atoms with Crippen molar-refractivity contribution in [3.05, 3.63) is 6.42 Å². The molecule has 0 saturated heterocycles. The highest BCUT2D eigenvalue weighted by molar-refractivity contribution is 5.61. The Morgan fingerprint density at radius 2 is 2.57 bits per heavy atom. The number of hydrogen-bond donors (Lipinski definition) is 1. The highest BCUT2D eigenvalue weighted by atomic mass is 15.1. The van der Waals surface area contributed by atoms with Crippen LogP contribution in [0.2, 0.25) is 0 Å². The van der Waals surface area contributed by atoms with Gasteiger partial charge in [0.1, 0.15) is 0 Å². The van der Waals surface area contributed by atoms with E-state index in [2.05, 4.69) is 16.7 Å². The van der Waals surface area contributed by atoms with Crippen LogP contribution < -0.4 is 5.32 Å². The molecule has 1 aliphatic carbocycles. The molecule has 1 atom stereocenters. The Kier molecular flexibility index (Phi) is 0.412. The lowest BCUT2D eigenvalue weighted by Crippen LogP contribution is -2.15. The fraction of sp³-hybridized carbons (Fsp3) is 0.600. The van der Waals surface area contributed by atoms with Gasteiger partial charge in [-0.2, -0.15) is 0 Å². The molecule has 0 aromatic heterocycles. The maximum atomic E-state index is 4.19. The topological polar surface area (TPSA) is 24.4 Å². The molecule has 1 aliphatic heterocycles. The summed E-state index contributed by atoms with van der Waals surface area (Å²) < 4.78 is 0. The van der Waals surface area contributed by atoms with Gasteiger partial charge in [-0.05, 0) is 12.8 Å². The SMILES string of the molecule is [CH]1CC12CNC=N2. The normalized spacial score (nSPS) is 30.9. The van der Waals surface area contributed by atoms with E-state index in [4.69, 9.17) is 0 Å². The molecule has 1 radical (unpaired) electrons. The minimum Gasteiger partial charge on any atom is -0.374 e. The summed E-state index contributed by atoms with van der Waals surface area (Å²) in [4.78, 5) is 4.19. The van der Waals surface area contributed by atoms with Gasteiger partial charge >= 0.3 is 0 Å². The zero-order valence-electron chi connectivity index (χ0n) is 4.02. The van der Waals surface area contributed by atoms with E-state index >= 15 is 0 Å². The first-order valence-electron chi connectivity index (χ1n) is 2.53. The summed E-state index contributed by atoms with van der Waals surface area (Å²) in [5.41, 5.74) is 0.278. The quantitative estimate of drug-likeness (QED) is 0.448. The van der Waals surface area contributed by atoms with E-state index in [-0.39, 0.29) is 5.54 Å². The molecule has 1 spiro atoms. The lowest BCUT2D eigenvalue weighted by Gasteiger charge is -1.94. The third-order valence-corrected chi connectivity index (χ3v) is 1.50. The van der Waals surface area contributed by atoms with Gasteiger partial charge in [0.2, 0.25) is 0 Å². The van der Waals surface area contributed by atoms with E-state index in [1.807, 2.05) is 0 Å². The fourth-order valence-electron chi connectivity index (χ4n) is 0.810. The van der Waals surface area contributed by atoms with Gasteiger partial charge in [-0.15, -0.1) is 0 Å². The van der Waals surface area contributed by atoms with E-state index in [1.165, 1.54) is 6.42 Å². The molecule has 1 heterocycles. The van der Waals surface area contributed by atoms with Gasteiger partial charge in [-0.25, -0.2) is 0 Å². The zero-order chi connectivity index (χ0) is 4.74. The largest absolute Gasteiger partial charge is 0.374 e. The van der Waals surface area contributed by atoms with Crippen molar-refractivity contribution in [1.82, 2.24) is 5.32 Å². The van der Waals surface area contributed by atoms with Crippen LogP contribution in [0.5, 0.6) is 0 Å². The van der Waals surface area contributed by atoms with E-state index in [0.717, 1.165) is 6.54 Å². The molecule has 1 saturated carbocycles. The summed E-state index contributed by atoms with van der Waals surface area (Å²) in [5.74, 6) is 0. The molecule has 37 valence electrons. The Balaban J connectivity index is 2.22. The first-order valence-corrected chi connectivity index (χ1v) is 2.53. The number of nitrogens with one attached hydrogen (secondary N) is 1. The second kappa shape index (κ2) is 0.831. The van der Waals surface area contributed by atoms with Gasteiger partial charge in [0, 0.05) is 6.54 Å². The van der Waals surface area contributed by atoms with Crippen molar-refractivity contribution in [2.24, 2.45) is 4.99 Å². The van der Waals surface area contributed by atoms with Crippen molar-refractivity contribution >= 4 is 6.34 Å². The highest BCUT2D eigenvalue weighted by Gasteiger charge is 2.44. The molecule has 2 nitrogen and oxygen atoms in total. The van der Waals surface area contributed by atoms with Gasteiger partial charge in [-0.1, -0.05) is 0 Å². The van der Waals surface area contributed by atoms with Crippen molar-refractivity contribution in [2.75, 3.05) is 6.54 Å². The van der Waals surface area contributed by atoms with Gasteiger partial charge in [-0.3, -0.25) is 4.99 Å². The molecule has 2 heteroatoms. The van der Waals surface area contributed by atoms with Crippen molar-refractivity contribution < 1.29 is 0 Å². The molecule has 0 amide bonds. The zero-order valence-corrected chi connectivity index (χ0v) is 4.02. The van der Waals surface area contributed by atoms with Crippen LogP contribution in [-0.2, 0) is 0 Å². The van der Waals surface area contributed by atoms with Crippen molar-refractivity contribution in [2.45, 2.75) is 12.0 Å². The van der Waals surface area contributed by atoms with Crippen molar-refractivity contribution in [3.63, 3.8) is 0 Å². The van der Waals surface area contributed by atoms with Crippen LogP contribution in [0.25, 0.3) is 0 Å². The summed E-state index contributed by atoms with van der Waals surface area (Å²) in [6.45, 7) is 1.03. The molecule has 0 aromatic carbocycles. The van der Waals surface area contributed by atoms with Crippen LogP contribution in [0.1, 0.15) is 6.42 Å². The van der Waals surface area contributed by atoms with E-state index in [9.17, 15) is 0 Å². The number of rotatable bonds is 0. The summed E-state index contributed by atoms with van der Waals surface area (Å²) in [5, 5.41) is 3.05. The van der Waals surface area contributed by atoms with Crippen LogP contribution in [-0.4, -0.2) is 18.4 Å². The van der Waals surface area contributed by atoms with Crippen molar-refractivity contribution in [1.29, 1.82) is 0 Å². The maximum absolute atomic E-state index is 4.19. The summed E-state index contributed by atoms with van der Waals surface area (Å²) in [6, 6.07) is 0. The molecule has 1 N–H and O–H groups in total. The van der Waals surface area contributed by atoms with E-state index in [1.54, 1.807) is 6.34 Å². The molecule has 7 heavy (non-hydrogen) atoms. The van der Waals surface area contributed by atoms with Crippen LogP contribution in [0.3, 0.4) is 0 Å². The molecule has 2 aliphatic rings. The Morgan fingerprint density at radius 3 is 2.86 bits per heavy atom. The summed E-state index contributed by atoms with van der Waals surface area (Å²) in [6.07, 6.45) is 5.20. The number of hydrogen-bond acceptors (Lipinski definition) is 2. The Labute approximate surface area is 42.6 Å². The molecule has 0 aromatic rings. The predicted octanol–water partition coefficient (Wildman–Crippen LogP) is -0.0353. The van der Waals surface area contributed by atoms with Gasteiger partial charge < -0.3 is 5.32 Å². The lowest BCUT2D eigenvalue weighted by atomic mass is 10.3. The predicted molar refractivity (Wildman–Crippen MR) is 28.1 cm³/mol. The second-order valence-corrected chi connectivity index (χ2v) is 2.15. The van der Waals surface area contributed by atoms with E-state index < -0.39 is 0 Å². The van der Waals surface area contributed by atoms with Crippen molar-refractivity contribution in [3.8, 4) is 0 Å². The number of nitrogens with zero attached hydrogens (tertiary/aromatic N) is 1. The van der Waals surface area contributed by atoms with Gasteiger partial charge in [0.05, 0.1) is 11.9 Å². The highest BCUT2D eigenvalue weighted by Crippen LogP contribution is 2.38. The fourth-order valence-corrected chi connectivity index (χ4v) is 0.810. The van der Waals surface area contributed by atoms with Crippen LogP contribution in [0.4, 0.5) is 0 Å². The third kappa shape index (κ3) is 0.363. The summed E-state index contributed by atoms with van der Waals surface area (Å²) in [7, 11) is 0. The monoisotopic (exact) mass is 95.1 g/mol. The molecule has 1 unspecified atom stereocenters. The maximum Gasteiger partial charge on any atom is 0.0833 e. The van der Waals surface area contributed by atoms with Crippen LogP contribution in [0.15, 0.2) is 4.99 Å². The van der Waals surface area contributed by atoms with Crippen LogP contribution in [0, 0.1) is 6.42 Å². The van der Waals surface area contributed by atoms with Gasteiger partial charge in [0.15, 0.2) is 0 Å². The Morgan fingerprint density at radius 1 is 1.71 bits per heavy atom.